The van der Waals surface area contributed by atoms with Crippen LogP contribution in [0.1, 0.15) is 64.2 Å². The Hall–Kier alpha value is -0.610. The van der Waals surface area contributed by atoms with Crippen LogP contribution in [0.2, 0.25) is 0 Å². The molecule has 0 amide bonds. The maximum Gasteiger partial charge on any atom is 0.317 e. The van der Waals surface area contributed by atoms with Gasteiger partial charge in [0.2, 0.25) is 0 Å². The van der Waals surface area contributed by atoms with Gasteiger partial charge in [-0.15, -0.1) is 0 Å². The molecule has 142 valence electrons. The molecule has 1 saturated heterocycles. The lowest BCUT2D eigenvalue weighted by atomic mass is 9.49. The van der Waals surface area contributed by atoms with Crippen LogP contribution in [0.5, 0.6) is 0 Å². The summed E-state index contributed by atoms with van der Waals surface area (Å²) in [5.74, 6) is 2.48. The molecule has 1 N–H and O–H groups in total. The van der Waals surface area contributed by atoms with Crippen LogP contribution >= 0.6 is 0 Å². The number of hydrogen-bond donors (Lipinski definition) is 1. The van der Waals surface area contributed by atoms with Gasteiger partial charge in [-0.2, -0.15) is 0 Å². The molecule has 0 radical (unpaired) electrons. The maximum atomic E-state index is 11.0. The fraction of sp³-hybridized carbons (Fsp3) is 0.952. The molecule has 0 spiro atoms. The Morgan fingerprint density at radius 3 is 2.32 bits per heavy atom. The molecule has 4 bridgehead atoms. The Balaban J connectivity index is 1.27. The Labute approximate surface area is 152 Å². The predicted octanol–water partition coefficient (Wildman–Crippen LogP) is 3.46. The summed E-state index contributed by atoms with van der Waals surface area (Å²) >= 11 is 0. The first-order valence-corrected chi connectivity index (χ1v) is 10.7. The molecule has 1 unspecified atom stereocenters. The first kappa shape index (κ1) is 17.8. The number of likely N-dealkylation sites (tertiary alicyclic amines) is 1. The number of hydrogen-bond acceptors (Lipinski definition) is 3. The molecule has 0 aromatic rings. The number of carboxylic acids is 1. The highest BCUT2D eigenvalue weighted by atomic mass is 16.4. The van der Waals surface area contributed by atoms with E-state index < -0.39 is 5.97 Å². The third-order valence-electron chi connectivity index (χ3n) is 7.92. The molecular formula is C21H36N2O2. The molecule has 5 rings (SSSR count). The van der Waals surface area contributed by atoms with Crippen LogP contribution in [-0.2, 0) is 4.79 Å². The maximum absolute atomic E-state index is 11.0. The van der Waals surface area contributed by atoms with E-state index in [9.17, 15) is 4.79 Å². The molecule has 5 aliphatic rings. The highest BCUT2D eigenvalue weighted by molar-refractivity contribution is 5.69. The van der Waals surface area contributed by atoms with Gasteiger partial charge in [-0.25, -0.2) is 0 Å². The largest absolute Gasteiger partial charge is 0.480 e. The van der Waals surface area contributed by atoms with Crippen molar-refractivity contribution in [2.24, 2.45) is 23.2 Å². The SMILES string of the molecule is CN(CC(=O)O)C1CCCN(CCC23CC4CC(CC(C4)C2)C3)CC1. The van der Waals surface area contributed by atoms with Gasteiger partial charge in [0.05, 0.1) is 6.54 Å². The summed E-state index contributed by atoms with van der Waals surface area (Å²) in [7, 11) is 1.98. The Bertz CT molecular complexity index is 457. The van der Waals surface area contributed by atoms with E-state index in [1.165, 1.54) is 45.2 Å². The Morgan fingerprint density at radius 1 is 1.08 bits per heavy atom. The van der Waals surface area contributed by atoms with Crippen LogP contribution in [0, 0.1) is 23.2 Å². The van der Waals surface area contributed by atoms with Crippen molar-refractivity contribution in [1.29, 1.82) is 0 Å². The summed E-state index contributed by atoms with van der Waals surface area (Å²) in [4.78, 5) is 15.7. The first-order chi connectivity index (χ1) is 12.0. The Kier molecular flexibility index (Phi) is 5.11. The van der Waals surface area contributed by atoms with E-state index in [4.69, 9.17) is 5.11 Å². The van der Waals surface area contributed by atoms with Crippen LogP contribution in [0.25, 0.3) is 0 Å². The van der Waals surface area contributed by atoms with Crippen molar-refractivity contribution in [3.8, 4) is 0 Å². The monoisotopic (exact) mass is 348 g/mol. The van der Waals surface area contributed by atoms with E-state index >= 15 is 0 Å². The van der Waals surface area contributed by atoms with Crippen LogP contribution in [0.3, 0.4) is 0 Å². The number of nitrogens with zero attached hydrogens (tertiary/aromatic N) is 2. The van der Waals surface area contributed by atoms with Gasteiger partial charge in [0.25, 0.3) is 0 Å². The van der Waals surface area contributed by atoms with Crippen LogP contribution in [0.4, 0.5) is 0 Å². The van der Waals surface area contributed by atoms with Gasteiger partial charge in [0, 0.05) is 6.04 Å². The predicted molar refractivity (Wildman–Crippen MR) is 99.6 cm³/mol. The smallest absolute Gasteiger partial charge is 0.317 e. The van der Waals surface area contributed by atoms with Crippen LogP contribution in [-0.4, -0.2) is 60.1 Å². The van der Waals surface area contributed by atoms with E-state index in [0.717, 1.165) is 37.1 Å². The van der Waals surface area contributed by atoms with Gasteiger partial charge in [-0.1, -0.05) is 0 Å². The van der Waals surface area contributed by atoms with Crippen molar-refractivity contribution in [2.75, 3.05) is 33.2 Å². The fourth-order valence-corrected chi connectivity index (χ4v) is 7.14. The van der Waals surface area contributed by atoms with Gasteiger partial charge in [-0.05, 0) is 114 Å². The summed E-state index contributed by atoms with van der Waals surface area (Å²) in [5, 5.41) is 9.02. The van der Waals surface area contributed by atoms with E-state index in [0.29, 0.717) is 11.5 Å². The van der Waals surface area contributed by atoms with E-state index in [1.807, 2.05) is 11.9 Å². The molecule has 4 heteroatoms. The first-order valence-electron chi connectivity index (χ1n) is 10.7. The quantitative estimate of drug-likeness (QED) is 0.798. The minimum absolute atomic E-state index is 0.179. The second-order valence-corrected chi connectivity index (χ2v) is 9.90. The topological polar surface area (TPSA) is 43.8 Å². The zero-order chi connectivity index (χ0) is 17.4. The molecule has 25 heavy (non-hydrogen) atoms. The molecule has 1 aliphatic heterocycles. The molecule has 5 fully saturated rings. The number of likely N-dealkylation sites (N-methyl/N-ethyl adjacent to an activating group) is 1. The lowest BCUT2D eigenvalue weighted by Crippen LogP contribution is -2.47. The number of aliphatic carboxylic acids is 1. The summed E-state index contributed by atoms with van der Waals surface area (Å²) < 4.78 is 0. The fourth-order valence-electron chi connectivity index (χ4n) is 7.14. The second-order valence-electron chi connectivity index (χ2n) is 9.90. The van der Waals surface area contributed by atoms with Crippen molar-refractivity contribution < 1.29 is 9.90 Å². The van der Waals surface area contributed by atoms with Crippen molar-refractivity contribution in [2.45, 2.75) is 70.3 Å². The van der Waals surface area contributed by atoms with Crippen molar-refractivity contribution in [3.63, 3.8) is 0 Å². The van der Waals surface area contributed by atoms with Crippen LogP contribution < -0.4 is 0 Å². The summed E-state index contributed by atoms with van der Waals surface area (Å²) in [6, 6.07) is 0.445. The van der Waals surface area contributed by atoms with Crippen LogP contribution in [0.15, 0.2) is 0 Å². The normalized spacial score (nSPS) is 41.2. The van der Waals surface area contributed by atoms with E-state index in [2.05, 4.69) is 4.90 Å². The third kappa shape index (κ3) is 4.05. The molecule has 1 heterocycles. The van der Waals surface area contributed by atoms with Gasteiger partial charge < -0.3 is 10.0 Å². The average Bonchev–Trinajstić information content (AvgIpc) is 2.77. The molecule has 4 aliphatic carbocycles. The Morgan fingerprint density at radius 2 is 1.72 bits per heavy atom. The average molecular weight is 349 g/mol. The highest BCUT2D eigenvalue weighted by Gasteiger charge is 2.50. The number of carboxylic acid groups (broad SMARTS) is 1. The lowest BCUT2D eigenvalue weighted by Gasteiger charge is -2.57. The molecule has 4 saturated carbocycles. The minimum atomic E-state index is -0.703. The highest BCUT2D eigenvalue weighted by Crippen LogP contribution is 2.61. The molecular weight excluding hydrogens is 312 g/mol. The summed E-state index contributed by atoms with van der Waals surface area (Å²) in [5.41, 5.74) is 0.695. The summed E-state index contributed by atoms with van der Waals surface area (Å²) in [6.07, 6.45) is 14.1. The van der Waals surface area contributed by atoms with Crippen molar-refractivity contribution in [1.82, 2.24) is 9.80 Å². The molecule has 1 atom stereocenters. The molecule has 0 aromatic heterocycles. The third-order valence-corrected chi connectivity index (χ3v) is 7.92. The van der Waals surface area contributed by atoms with Crippen molar-refractivity contribution >= 4 is 5.97 Å². The number of rotatable bonds is 6. The van der Waals surface area contributed by atoms with Gasteiger partial charge in [0.1, 0.15) is 0 Å². The minimum Gasteiger partial charge on any atom is -0.480 e. The van der Waals surface area contributed by atoms with E-state index in [-0.39, 0.29) is 6.54 Å². The van der Waals surface area contributed by atoms with Gasteiger partial charge in [0.15, 0.2) is 0 Å². The zero-order valence-electron chi connectivity index (χ0n) is 16.0. The van der Waals surface area contributed by atoms with Crippen molar-refractivity contribution in [3.05, 3.63) is 0 Å². The molecule has 4 nitrogen and oxygen atoms in total. The van der Waals surface area contributed by atoms with E-state index in [1.54, 1.807) is 19.3 Å². The summed E-state index contributed by atoms with van der Waals surface area (Å²) in [6.45, 7) is 3.82. The second kappa shape index (κ2) is 7.19. The number of carbonyl (C=O) groups is 1. The molecule has 0 aromatic carbocycles. The lowest BCUT2D eigenvalue weighted by molar-refractivity contribution is -0.138. The zero-order valence-corrected chi connectivity index (χ0v) is 16.0. The van der Waals surface area contributed by atoms with Gasteiger partial charge in [-0.3, -0.25) is 9.69 Å². The van der Waals surface area contributed by atoms with Gasteiger partial charge >= 0.3 is 5.97 Å². The standard InChI is InChI=1S/C21H36N2O2/c1-22(15-20(24)25)19-3-2-6-23(7-4-19)8-5-21-12-16-9-17(13-21)11-18(10-16)14-21/h16-19H,2-15H2,1H3,(H,24,25).